The Kier molecular flexibility index (Phi) is 5.20. The molecule has 0 bridgehead atoms. The highest BCUT2D eigenvalue weighted by atomic mass is 19.2. The van der Waals surface area contributed by atoms with E-state index in [1.807, 2.05) is 0 Å². The Labute approximate surface area is 189 Å². The maximum atomic E-state index is 15.2. The maximum absolute atomic E-state index is 15.2. The van der Waals surface area contributed by atoms with Gasteiger partial charge in [-0.05, 0) is 44.8 Å². The minimum Gasteiger partial charge on any atom is -0.491 e. The standard InChI is InChI=1S/C27H14F6O/c1-34-27-25(32)23(30)22(24(31)26(27)33)21-15-10-6-5-9-14(15)20(13-7-3-2-4-8-13)16-11-18(28)19(29)12-17(16)21/h2-12H,1H3. The van der Waals surface area contributed by atoms with E-state index in [0.29, 0.717) is 16.5 Å². The SMILES string of the molecule is COc1c(F)c(F)c(-c2c3ccccc3c(-c3ccccc3)c3cc(F)c(F)cc23)c(F)c1F. The number of benzene rings is 5. The Bertz CT molecular complexity index is 1570. The number of rotatable bonds is 3. The Hall–Kier alpha value is -4.00. The smallest absolute Gasteiger partial charge is 0.204 e. The lowest BCUT2D eigenvalue weighted by Gasteiger charge is -2.19. The van der Waals surface area contributed by atoms with Crippen molar-refractivity contribution >= 4 is 21.5 Å². The lowest BCUT2D eigenvalue weighted by Crippen LogP contribution is -2.05. The fourth-order valence-corrected chi connectivity index (χ4v) is 4.37. The van der Waals surface area contributed by atoms with E-state index in [4.69, 9.17) is 0 Å². The van der Waals surface area contributed by atoms with Gasteiger partial charge in [-0.25, -0.2) is 17.6 Å². The quantitative estimate of drug-likeness (QED) is 0.147. The predicted molar refractivity (Wildman–Crippen MR) is 119 cm³/mol. The lowest BCUT2D eigenvalue weighted by molar-refractivity contribution is 0.334. The van der Waals surface area contributed by atoms with E-state index in [1.54, 1.807) is 48.5 Å². The largest absolute Gasteiger partial charge is 0.491 e. The van der Waals surface area contributed by atoms with Crippen LogP contribution >= 0.6 is 0 Å². The van der Waals surface area contributed by atoms with Gasteiger partial charge in [-0.1, -0.05) is 54.6 Å². The van der Waals surface area contributed by atoms with E-state index in [0.717, 1.165) is 19.2 Å². The van der Waals surface area contributed by atoms with Crippen LogP contribution in [0.3, 0.4) is 0 Å². The molecule has 0 heterocycles. The summed E-state index contributed by atoms with van der Waals surface area (Å²) >= 11 is 0. The number of hydrogen-bond acceptors (Lipinski definition) is 1. The van der Waals surface area contributed by atoms with E-state index < -0.39 is 46.2 Å². The first kappa shape index (κ1) is 21.8. The fraction of sp³-hybridized carbons (Fsp3) is 0.0370. The third-order valence-corrected chi connectivity index (χ3v) is 5.80. The van der Waals surface area contributed by atoms with Crippen molar-refractivity contribution in [3.8, 4) is 28.0 Å². The molecule has 0 atom stereocenters. The monoisotopic (exact) mass is 468 g/mol. The number of halogens is 6. The van der Waals surface area contributed by atoms with Crippen molar-refractivity contribution in [3.05, 3.63) is 102 Å². The molecular formula is C27H14F6O. The summed E-state index contributed by atoms with van der Waals surface area (Å²) in [5.74, 6) is -10.6. The summed E-state index contributed by atoms with van der Waals surface area (Å²) in [6.45, 7) is 0. The predicted octanol–water partition coefficient (Wildman–Crippen LogP) is 8.17. The van der Waals surface area contributed by atoms with Gasteiger partial charge in [-0.15, -0.1) is 0 Å². The van der Waals surface area contributed by atoms with Crippen LogP contribution < -0.4 is 4.74 Å². The second-order valence-corrected chi connectivity index (χ2v) is 7.64. The third kappa shape index (κ3) is 3.11. The molecule has 0 amide bonds. The van der Waals surface area contributed by atoms with Crippen LogP contribution in [-0.2, 0) is 0 Å². The molecule has 0 aliphatic rings. The summed E-state index contributed by atoms with van der Waals surface area (Å²) in [4.78, 5) is 0. The number of fused-ring (bicyclic) bond motifs is 2. The molecule has 5 aromatic rings. The molecule has 34 heavy (non-hydrogen) atoms. The first-order chi connectivity index (χ1) is 16.3. The van der Waals surface area contributed by atoms with Crippen LogP contribution in [0.15, 0.2) is 66.7 Å². The minimum atomic E-state index is -1.73. The van der Waals surface area contributed by atoms with Gasteiger partial charge in [0.15, 0.2) is 29.0 Å². The molecule has 5 aromatic carbocycles. The fourth-order valence-electron chi connectivity index (χ4n) is 4.37. The molecular weight excluding hydrogens is 454 g/mol. The van der Waals surface area contributed by atoms with Gasteiger partial charge in [-0.3, -0.25) is 0 Å². The minimum absolute atomic E-state index is 0.113. The van der Waals surface area contributed by atoms with Gasteiger partial charge in [0, 0.05) is 5.56 Å². The van der Waals surface area contributed by atoms with Crippen LogP contribution in [0.4, 0.5) is 26.3 Å². The third-order valence-electron chi connectivity index (χ3n) is 5.80. The molecule has 0 aliphatic heterocycles. The van der Waals surface area contributed by atoms with Gasteiger partial charge in [-0.2, -0.15) is 8.78 Å². The molecule has 1 nitrogen and oxygen atoms in total. The molecule has 7 heteroatoms. The van der Waals surface area contributed by atoms with E-state index >= 15 is 8.78 Å². The van der Waals surface area contributed by atoms with Gasteiger partial charge < -0.3 is 4.74 Å². The molecule has 5 rings (SSSR count). The molecule has 0 saturated carbocycles. The Morgan fingerprint density at radius 3 is 1.50 bits per heavy atom. The van der Waals surface area contributed by atoms with Crippen molar-refractivity contribution in [3.63, 3.8) is 0 Å². The van der Waals surface area contributed by atoms with Crippen LogP contribution in [0.2, 0.25) is 0 Å². The van der Waals surface area contributed by atoms with Gasteiger partial charge in [0.25, 0.3) is 0 Å². The molecule has 0 radical (unpaired) electrons. The summed E-state index contributed by atoms with van der Waals surface area (Å²) in [7, 11) is 0.873. The first-order valence-electron chi connectivity index (χ1n) is 10.1. The van der Waals surface area contributed by atoms with Crippen molar-refractivity contribution in [2.24, 2.45) is 0 Å². The number of ether oxygens (including phenoxy) is 1. The summed E-state index contributed by atoms with van der Waals surface area (Å²) in [5.41, 5.74) is -0.235. The molecule has 0 aliphatic carbocycles. The summed E-state index contributed by atoms with van der Waals surface area (Å²) < 4.78 is 93.0. The summed E-state index contributed by atoms with van der Waals surface area (Å²) in [5, 5.41) is 0.631. The summed E-state index contributed by atoms with van der Waals surface area (Å²) in [6.07, 6.45) is 0. The normalized spacial score (nSPS) is 11.4. The molecule has 0 N–H and O–H groups in total. The highest BCUT2D eigenvalue weighted by Gasteiger charge is 2.30. The lowest BCUT2D eigenvalue weighted by atomic mass is 9.85. The Morgan fingerprint density at radius 2 is 0.971 bits per heavy atom. The molecule has 0 saturated heterocycles. The van der Waals surface area contributed by atoms with Crippen molar-refractivity contribution in [1.29, 1.82) is 0 Å². The molecule has 0 aromatic heterocycles. The van der Waals surface area contributed by atoms with Crippen molar-refractivity contribution < 1.29 is 31.1 Å². The first-order valence-corrected chi connectivity index (χ1v) is 10.1. The van der Waals surface area contributed by atoms with E-state index in [-0.39, 0.29) is 21.7 Å². The van der Waals surface area contributed by atoms with Crippen molar-refractivity contribution in [2.45, 2.75) is 0 Å². The van der Waals surface area contributed by atoms with E-state index in [9.17, 15) is 17.6 Å². The zero-order valence-electron chi connectivity index (χ0n) is 17.5. The maximum Gasteiger partial charge on any atom is 0.204 e. The van der Waals surface area contributed by atoms with Crippen LogP contribution in [0, 0.1) is 34.9 Å². The molecule has 0 unspecified atom stereocenters. The van der Waals surface area contributed by atoms with E-state index in [2.05, 4.69) is 4.74 Å². The second-order valence-electron chi connectivity index (χ2n) is 7.64. The zero-order chi connectivity index (χ0) is 24.1. The van der Waals surface area contributed by atoms with Crippen LogP contribution in [0.25, 0.3) is 43.8 Å². The summed E-state index contributed by atoms with van der Waals surface area (Å²) in [6, 6.07) is 16.8. The highest BCUT2D eigenvalue weighted by molar-refractivity contribution is 6.21. The Morgan fingerprint density at radius 1 is 0.500 bits per heavy atom. The Balaban J connectivity index is 2.07. The highest BCUT2D eigenvalue weighted by Crippen LogP contribution is 2.47. The molecule has 170 valence electrons. The average molecular weight is 468 g/mol. The van der Waals surface area contributed by atoms with Crippen LogP contribution in [-0.4, -0.2) is 7.11 Å². The second kappa shape index (κ2) is 8.09. The van der Waals surface area contributed by atoms with E-state index in [1.165, 1.54) is 6.07 Å². The number of methoxy groups -OCH3 is 1. The van der Waals surface area contributed by atoms with Crippen molar-refractivity contribution in [1.82, 2.24) is 0 Å². The van der Waals surface area contributed by atoms with Crippen molar-refractivity contribution in [2.75, 3.05) is 7.11 Å². The van der Waals surface area contributed by atoms with Crippen LogP contribution in [0.5, 0.6) is 5.75 Å². The average Bonchev–Trinajstić information content (AvgIpc) is 2.84. The topological polar surface area (TPSA) is 9.23 Å². The van der Waals surface area contributed by atoms with Crippen LogP contribution in [0.1, 0.15) is 0 Å². The van der Waals surface area contributed by atoms with Gasteiger partial charge in [0.2, 0.25) is 11.6 Å². The van der Waals surface area contributed by atoms with Gasteiger partial charge in [0.1, 0.15) is 0 Å². The molecule has 0 spiro atoms. The zero-order valence-corrected chi connectivity index (χ0v) is 17.5. The van der Waals surface area contributed by atoms with Gasteiger partial charge in [0.05, 0.1) is 12.7 Å². The molecule has 0 fully saturated rings. The number of hydrogen-bond donors (Lipinski definition) is 0. The van der Waals surface area contributed by atoms with Gasteiger partial charge >= 0.3 is 0 Å².